The number of hydrogen-bond donors (Lipinski definition) is 3. The Balaban J connectivity index is 2.48. The Bertz CT molecular complexity index is 536. The molecule has 1 rings (SSSR count). The van der Waals surface area contributed by atoms with E-state index in [2.05, 4.69) is 0 Å². The lowest BCUT2D eigenvalue weighted by Crippen LogP contribution is -2.29. The second-order valence-electron chi connectivity index (χ2n) is 5.81. The Labute approximate surface area is 135 Å². The van der Waals surface area contributed by atoms with Gasteiger partial charge in [0, 0.05) is 11.8 Å². The number of aliphatic hydroxyl groups excluding tert-OH is 1. The number of hydrogen-bond acceptors (Lipinski definition) is 3. The highest BCUT2D eigenvalue weighted by molar-refractivity contribution is 5.77. The second kappa shape index (κ2) is 9.25. The molecule has 0 spiro atoms. The molecule has 5 N–H and O–H groups in total. The molecule has 3 atom stereocenters. The van der Waals surface area contributed by atoms with Crippen LogP contribution in [0.3, 0.4) is 0 Å². The predicted molar refractivity (Wildman–Crippen MR) is 85.3 cm³/mol. The first-order valence-electron chi connectivity index (χ1n) is 7.64. The van der Waals surface area contributed by atoms with E-state index in [4.69, 9.17) is 11.5 Å². The minimum atomic E-state index is -0.879. The van der Waals surface area contributed by atoms with Gasteiger partial charge in [-0.15, -0.1) is 0 Å². The van der Waals surface area contributed by atoms with Gasteiger partial charge in [0.2, 0.25) is 11.8 Å². The smallest absolute Gasteiger partial charge is 0.220 e. The topological polar surface area (TPSA) is 106 Å². The Morgan fingerprint density at radius 1 is 1.22 bits per heavy atom. The van der Waals surface area contributed by atoms with Gasteiger partial charge in [0.15, 0.2) is 0 Å². The maximum absolute atomic E-state index is 13.5. The summed E-state index contributed by atoms with van der Waals surface area (Å²) in [5, 5.41) is 10.0. The van der Waals surface area contributed by atoms with E-state index in [1.54, 1.807) is 31.5 Å². The van der Waals surface area contributed by atoms with Crippen LogP contribution in [0, 0.1) is 24.1 Å². The van der Waals surface area contributed by atoms with Gasteiger partial charge in [-0.05, 0) is 43.7 Å². The first-order valence-corrected chi connectivity index (χ1v) is 7.64. The molecule has 0 saturated heterocycles. The quantitative estimate of drug-likeness (QED) is 0.604. The maximum atomic E-state index is 13.5. The third kappa shape index (κ3) is 6.78. The van der Waals surface area contributed by atoms with Crippen molar-refractivity contribution < 1.29 is 19.1 Å². The summed E-state index contributed by atoms with van der Waals surface area (Å²) in [5.41, 5.74) is 11.0. The van der Waals surface area contributed by atoms with Crippen LogP contribution in [-0.2, 0) is 16.0 Å². The zero-order chi connectivity index (χ0) is 17.4. The maximum Gasteiger partial charge on any atom is 0.220 e. The fraction of sp³-hybridized carbons (Fsp3) is 0.471. The van der Waals surface area contributed by atoms with E-state index in [1.807, 2.05) is 0 Å². The molecule has 0 aliphatic rings. The molecule has 1 radical (unpaired) electrons. The monoisotopic (exact) mass is 323 g/mol. The van der Waals surface area contributed by atoms with E-state index in [1.165, 1.54) is 6.07 Å². The van der Waals surface area contributed by atoms with Crippen molar-refractivity contribution in [2.24, 2.45) is 23.3 Å². The molecule has 5 nitrogen and oxygen atoms in total. The van der Waals surface area contributed by atoms with Gasteiger partial charge in [-0.1, -0.05) is 25.1 Å². The van der Waals surface area contributed by atoms with E-state index >= 15 is 0 Å². The van der Waals surface area contributed by atoms with Crippen molar-refractivity contribution in [2.75, 3.05) is 0 Å². The first kappa shape index (κ1) is 19.1. The Morgan fingerprint density at radius 2 is 1.87 bits per heavy atom. The van der Waals surface area contributed by atoms with Crippen molar-refractivity contribution in [3.05, 3.63) is 42.1 Å². The largest absolute Gasteiger partial charge is 0.393 e. The second-order valence-corrected chi connectivity index (χ2v) is 5.81. The lowest BCUT2D eigenvalue weighted by molar-refractivity contribution is -0.124. The molecule has 0 aliphatic carbocycles. The van der Waals surface area contributed by atoms with Crippen LogP contribution in [-0.4, -0.2) is 23.0 Å². The van der Waals surface area contributed by atoms with Gasteiger partial charge in [0.1, 0.15) is 5.82 Å². The third-order valence-electron chi connectivity index (χ3n) is 3.93. The van der Waals surface area contributed by atoms with Gasteiger partial charge in [-0.2, -0.15) is 0 Å². The average Bonchev–Trinajstić information content (AvgIpc) is 2.49. The fourth-order valence-corrected chi connectivity index (χ4v) is 2.28. The van der Waals surface area contributed by atoms with Crippen LogP contribution < -0.4 is 11.5 Å². The van der Waals surface area contributed by atoms with Gasteiger partial charge in [0.25, 0.3) is 0 Å². The minimum absolute atomic E-state index is 0.148. The number of carbonyl (C=O) groups is 2. The summed E-state index contributed by atoms with van der Waals surface area (Å²) >= 11 is 0. The molecule has 1 aromatic rings. The summed E-state index contributed by atoms with van der Waals surface area (Å²) in [6.07, 6.45) is 1.89. The van der Waals surface area contributed by atoms with Gasteiger partial charge in [-0.3, -0.25) is 9.59 Å². The van der Waals surface area contributed by atoms with Gasteiger partial charge in [-0.25, -0.2) is 4.39 Å². The summed E-state index contributed by atoms with van der Waals surface area (Å²) in [4.78, 5) is 22.5. The van der Waals surface area contributed by atoms with E-state index < -0.39 is 23.8 Å². The van der Waals surface area contributed by atoms with E-state index in [9.17, 15) is 19.1 Å². The zero-order valence-corrected chi connectivity index (χ0v) is 13.2. The van der Waals surface area contributed by atoms with Crippen LogP contribution >= 0.6 is 0 Å². The Kier molecular flexibility index (Phi) is 7.68. The molecule has 0 heterocycles. The molecule has 6 heteroatoms. The standard InChI is InChI=1S/C17H24FN2O3/c1-11(16(19)22)6-7-13(17(20)23)10-14(21)9-8-12-4-2-3-5-15(12)18/h2-5,9,11,13-14,21H,6-8,10H2,1H3,(H2,19,22)(H2,20,23)/t11?,13-,14+/m1/s1. The molecule has 1 aromatic carbocycles. The number of nitrogens with two attached hydrogens (primary N) is 2. The van der Waals surface area contributed by atoms with Crippen LogP contribution in [0.4, 0.5) is 4.39 Å². The summed E-state index contributed by atoms with van der Waals surface area (Å²) in [6, 6.07) is 6.31. The van der Waals surface area contributed by atoms with Crippen LogP contribution in [0.5, 0.6) is 0 Å². The van der Waals surface area contributed by atoms with Crippen LogP contribution in [0.25, 0.3) is 0 Å². The van der Waals surface area contributed by atoms with E-state index in [0.29, 0.717) is 18.4 Å². The summed E-state index contributed by atoms with van der Waals surface area (Å²) in [6.45, 7) is 1.68. The molecule has 0 fully saturated rings. The highest BCUT2D eigenvalue weighted by Crippen LogP contribution is 2.19. The SMILES string of the molecule is CC(CC[C@H](C[C@@H](O)[CH]Cc1ccccc1F)C(N)=O)C(N)=O. The molecule has 1 unspecified atom stereocenters. The fourth-order valence-electron chi connectivity index (χ4n) is 2.28. The van der Waals surface area contributed by atoms with Crippen molar-refractivity contribution in [3.63, 3.8) is 0 Å². The first-order chi connectivity index (χ1) is 10.8. The Morgan fingerprint density at radius 3 is 2.43 bits per heavy atom. The molecule has 0 aliphatic heterocycles. The number of amides is 2. The zero-order valence-electron chi connectivity index (χ0n) is 13.2. The molecule has 127 valence electrons. The highest BCUT2D eigenvalue weighted by Gasteiger charge is 2.22. The van der Waals surface area contributed by atoms with Crippen molar-refractivity contribution in [1.29, 1.82) is 0 Å². The number of halogens is 1. The predicted octanol–water partition coefficient (Wildman–Crippen LogP) is 1.33. The normalized spacial score (nSPS) is 14.9. The van der Waals surface area contributed by atoms with Gasteiger partial charge < -0.3 is 16.6 Å². The molecule has 0 bridgehead atoms. The Hall–Kier alpha value is -1.95. The lowest BCUT2D eigenvalue weighted by atomic mass is 9.90. The molecular formula is C17H24FN2O3. The van der Waals surface area contributed by atoms with Crippen molar-refractivity contribution in [3.8, 4) is 0 Å². The summed E-state index contributed by atoms with van der Waals surface area (Å²) < 4.78 is 13.5. The minimum Gasteiger partial charge on any atom is -0.393 e. The van der Waals surface area contributed by atoms with Crippen LogP contribution in [0.2, 0.25) is 0 Å². The number of rotatable bonds is 10. The molecule has 0 aromatic heterocycles. The molecule has 2 amide bonds. The highest BCUT2D eigenvalue weighted by atomic mass is 19.1. The number of benzene rings is 1. The number of primary amides is 2. The lowest BCUT2D eigenvalue weighted by Gasteiger charge is -2.18. The molecule has 23 heavy (non-hydrogen) atoms. The molecule has 0 saturated carbocycles. The summed E-state index contributed by atoms with van der Waals surface area (Å²) in [5.74, 6) is -2.20. The van der Waals surface area contributed by atoms with Crippen molar-refractivity contribution in [2.45, 2.75) is 38.7 Å². The van der Waals surface area contributed by atoms with E-state index in [0.717, 1.165) is 0 Å². The number of aliphatic hydroxyl groups is 1. The van der Waals surface area contributed by atoms with Crippen LogP contribution in [0.1, 0.15) is 31.7 Å². The van der Waals surface area contributed by atoms with Gasteiger partial charge >= 0.3 is 0 Å². The van der Waals surface area contributed by atoms with Crippen molar-refractivity contribution in [1.82, 2.24) is 0 Å². The average molecular weight is 323 g/mol. The van der Waals surface area contributed by atoms with Crippen LogP contribution in [0.15, 0.2) is 24.3 Å². The summed E-state index contributed by atoms with van der Waals surface area (Å²) in [7, 11) is 0. The number of carbonyl (C=O) groups excluding carboxylic acids is 2. The van der Waals surface area contributed by atoms with E-state index in [-0.39, 0.29) is 24.6 Å². The van der Waals surface area contributed by atoms with Gasteiger partial charge in [0.05, 0.1) is 6.10 Å². The molecular weight excluding hydrogens is 299 g/mol. The third-order valence-corrected chi connectivity index (χ3v) is 3.93. The van der Waals surface area contributed by atoms with Crippen molar-refractivity contribution >= 4 is 11.8 Å².